The molecule has 2 aromatic heterocycles. The molecule has 0 aliphatic rings. The zero-order valence-electron chi connectivity index (χ0n) is 10.5. The Bertz CT molecular complexity index is 780. The van der Waals surface area contributed by atoms with Crippen molar-refractivity contribution in [2.45, 2.75) is 6.54 Å². The van der Waals surface area contributed by atoms with E-state index in [-0.39, 0.29) is 12.2 Å². The number of benzene rings is 1. The Kier molecular flexibility index (Phi) is 3.36. The topological polar surface area (TPSA) is 107 Å². The van der Waals surface area contributed by atoms with E-state index in [0.29, 0.717) is 16.8 Å². The number of nitrogens with zero attached hydrogens (tertiary/aromatic N) is 5. The summed E-state index contributed by atoms with van der Waals surface area (Å²) in [7, 11) is 0. The Labute approximate surface area is 123 Å². The average Bonchev–Trinajstić information content (AvgIpc) is 3.10. The molecule has 0 amide bonds. The van der Waals surface area contributed by atoms with Crippen molar-refractivity contribution >= 4 is 17.6 Å². The van der Waals surface area contributed by atoms with Crippen molar-refractivity contribution in [2.75, 3.05) is 0 Å². The number of carboxylic acids is 1. The highest BCUT2D eigenvalue weighted by Gasteiger charge is 2.12. The van der Waals surface area contributed by atoms with Gasteiger partial charge in [0.05, 0.1) is 6.20 Å². The van der Waals surface area contributed by atoms with Gasteiger partial charge in [-0.25, -0.2) is 9.48 Å². The van der Waals surface area contributed by atoms with Crippen LogP contribution in [0.3, 0.4) is 0 Å². The van der Waals surface area contributed by atoms with Crippen LogP contribution < -0.4 is 0 Å². The number of aromatic nitrogens is 5. The summed E-state index contributed by atoms with van der Waals surface area (Å²) in [5, 5.41) is 24.3. The third kappa shape index (κ3) is 2.90. The van der Waals surface area contributed by atoms with E-state index in [1.807, 2.05) is 0 Å². The molecule has 0 atom stereocenters. The highest BCUT2D eigenvalue weighted by atomic mass is 35.5. The molecular weight excluding hydrogens is 298 g/mol. The molecule has 0 aliphatic carbocycles. The van der Waals surface area contributed by atoms with Crippen molar-refractivity contribution in [3.05, 3.63) is 47.1 Å². The molecule has 21 heavy (non-hydrogen) atoms. The molecule has 106 valence electrons. The number of rotatable bonds is 4. The fraction of sp³-hybridized carbons (Fsp3) is 0.0833. The van der Waals surface area contributed by atoms with Crippen LogP contribution in [0.15, 0.2) is 34.9 Å². The van der Waals surface area contributed by atoms with Gasteiger partial charge < -0.3 is 9.52 Å². The van der Waals surface area contributed by atoms with Crippen LogP contribution in [-0.2, 0) is 6.54 Å². The monoisotopic (exact) mass is 305 g/mol. The molecule has 0 saturated heterocycles. The van der Waals surface area contributed by atoms with Gasteiger partial charge in [-0.15, -0.1) is 15.3 Å². The number of carboxylic acid groups (broad SMARTS) is 1. The van der Waals surface area contributed by atoms with Crippen LogP contribution in [0.2, 0.25) is 5.02 Å². The number of hydrogen-bond acceptors (Lipinski definition) is 6. The molecule has 0 spiro atoms. The first kappa shape index (κ1) is 13.3. The molecule has 8 nitrogen and oxygen atoms in total. The predicted octanol–water partition coefficient (Wildman–Crippen LogP) is 1.73. The van der Waals surface area contributed by atoms with Crippen molar-refractivity contribution in [1.29, 1.82) is 0 Å². The van der Waals surface area contributed by atoms with Crippen LogP contribution in [0.1, 0.15) is 16.4 Å². The Morgan fingerprint density at radius 2 is 2.00 bits per heavy atom. The zero-order chi connectivity index (χ0) is 14.8. The first-order valence-corrected chi connectivity index (χ1v) is 6.21. The molecule has 0 aliphatic heterocycles. The third-order valence-electron chi connectivity index (χ3n) is 2.61. The minimum atomic E-state index is -1.14. The van der Waals surface area contributed by atoms with Crippen molar-refractivity contribution in [1.82, 2.24) is 25.2 Å². The summed E-state index contributed by atoms with van der Waals surface area (Å²) < 4.78 is 6.79. The van der Waals surface area contributed by atoms with E-state index in [0.717, 1.165) is 5.56 Å². The molecule has 3 aromatic rings. The van der Waals surface area contributed by atoms with E-state index in [4.69, 9.17) is 21.1 Å². The number of aromatic carboxylic acids is 1. The molecule has 0 unspecified atom stereocenters. The second kappa shape index (κ2) is 5.33. The predicted molar refractivity (Wildman–Crippen MR) is 70.8 cm³/mol. The number of carbonyl (C=O) groups is 1. The Balaban J connectivity index is 1.78. The fourth-order valence-electron chi connectivity index (χ4n) is 1.64. The van der Waals surface area contributed by atoms with Crippen LogP contribution in [-0.4, -0.2) is 36.3 Å². The second-order valence-corrected chi connectivity index (χ2v) is 4.55. The van der Waals surface area contributed by atoms with Crippen molar-refractivity contribution in [3.63, 3.8) is 0 Å². The summed E-state index contributed by atoms with van der Waals surface area (Å²) in [6, 6.07) is 6.96. The Morgan fingerprint density at radius 3 is 2.67 bits per heavy atom. The van der Waals surface area contributed by atoms with Crippen LogP contribution in [0.5, 0.6) is 0 Å². The van der Waals surface area contributed by atoms with Crippen molar-refractivity contribution in [2.24, 2.45) is 0 Å². The quantitative estimate of drug-likeness (QED) is 0.782. The van der Waals surface area contributed by atoms with E-state index < -0.39 is 5.97 Å². The van der Waals surface area contributed by atoms with Gasteiger partial charge in [-0.05, 0) is 24.3 Å². The molecule has 0 fully saturated rings. The van der Waals surface area contributed by atoms with E-state index >= 15 is 0 Å². The number of halogens is 1. The van der Waals surface area contributed by atoms with Gasteiger partial charge in [-0.2, -0.15) is 0 Å². The minimum absolute atomic E-state index is 0.140. The number of hydrogen-bond donors (Lipinski definition) is 1. The van der Waals surface area contributed by atoms with Crippen LogP contribution in [0, 0.1) is 0 Å². The van der Waals surface area contributed by atoms with Gasteiger partial charge in [0, 0.05) is 10.6 Å². The zero-order valence-corrected chi connectivity index (χ0v) is 11.2. The largest absolute Gasteiger partial charge is 0.476 e. The molecule has 0 saturated carbocycles. The summed E-state index contributed by atoms with van der Waals surface area (Å²) >= 11 is 5.81. The Morgan fingerprint density at radius 1 is 1.24 bits per heavy atom. The van der Waals surface area contributed by atoms with Gasteiger partial charge in [-0.3, -0.25) is 0 Å². The van der Waals surface area contributed by atoms with Gasteiger partial charge in [0.25, 0.3) is 0 Å². The second-order valence-electron chi connectivity index (χ2n) is 4.11. The molecule has 3 rings (SSSR count). The molecule has 0 radical (unpaired) electrons. The van der Waals surface area contributed by atoms with E-state index in [1.165, 1.54) is 10.9 Å². The highest BCUT2D eigenvalue weighted by Crippen LogP contribution is 2.20. The summed E-state index contributed by atoms with van der Waals surface area (Å²) in [5.74, 6) is -0.504. The highest BCUT2D eigenvalue weighted by molar-refractivity contribution is 6.30. The van der Waals surface area contributed by atoms with Gasteiger partial charge in [0.1, 0.15) is 6.54 Å². The maximum atomic E-state index is 10.7. The van der Waals surface area contributed by atoms with Crippen LogP contribution >= 0.6 is 11.6 Å². The van der Waals surface area contributed by atoms with E-state index in [9.17, 15) is 4.79 Å². The molecule has 1 aromatic carbocycles. The lowest BCUT2D eigenvalue weighted by Crippen LogP contribution is -2.00. The maximum Gasteiger partial charge on any atom is 0.358 e. The lowest BCUT2D eigenvalue weighted by molar-refractivity contribution is 0.0690. The molecule has 9 heteroatoms. The maximum absolute atomic E-state index is 10.7. The lowest BCUT2D eigenvalue weighted by atomic mass is 10.2. The smallest absolute Gasteiger partial charge is 0.358 e. The van der Waals surface area contributed by atoms with Crippen molar-refractivity contribution in [3.8, 4) is 11.5 Å². The summed E-state index contributed by atoms with van der Waals surface area (Å²) in [5.41, 5.74) is 0.593. The van der Waals surface area contributed by atoms with E-state index in [1.54, 1.807) is 24.3 Å². The summed E-state index contributed by atoms with van der Waals surface area (Å²) in [6.07, 6.45) is 1.29. The van der Waals surface area contributed by atoms with Gasteiger partial charge in [0.15, 0.2) is 5.69 Å². The molecule has 2 heterocycles. The van der Waals surface area contributed by atoms with Crippen molar-refractivity contribution < 1.29 is 14.3 Å². The first-order chi connectivity index (χ1) is 10.1. The van der Waals surface area contributed by atoms with Crippen LogP contribution in [0.25, 0.3) is 11.5 Å². The Hall–Kier alpha value is -2.74. The SMILES string of the molecule is O=C(O)c1cn(Cc2nnc(-c3ccc(Cl)cc3)o2)nn1. The molecular formula is C12H8ClN5O3. The lowest BCUT2D eigenvalue weighted by Gasteiger charge is -1.95. The van der Waals surface area contributed by atoms with Crippen LogP contribution in [0.4, 0.5) is 0 Å². The average molecular weight is 306 g/mol. The van der Waals surface area contributed by atoms with Gasteiger partial charge in [0.2, 0.25) is 11.8 Å². The molecule has 1 N–H and O–H groups in total. The third-order valence-corrected chi connectivity index (χ3v) is 2.87. The molecule has 0 bridgehead atoms. The summed E-state index contributed by atoms with van der Waals surface area (Å²) in [6.45, 7) is 0.140. The van der Waals surface area contributed by atoms with Gasteiger partial charge in [-0.1, -0.05) is 16.8 Å². The fourth-order valence-corrected chi connectivity index (χ4v) is 1.76. The standard InChI is InChI=1S/C12H8ClN5O3/c13-8-3-1-7(2-4-8)11-16-15-10(21-11)6-18-5-9(12(19)20)14-17-18/h1-5H,6H2,(H,19,20). The minimum Gasteiger partial charge on any atom is -0.476 e. The summed E-state index contributed by atoms with van der Waals surface area (Å²) in [4.78, 5) is 10.7. The van der Waals surface area contributed by atoms with E-state index in [2.05, 4.69) is 20.5 Å². The normalized spacial score (nSPS) is 10.7. The first-order valence-electron chi connectivity index (χ1n) is 5.83. The van der Waals surface area contributed by atoms with Gasteiger partial charge >= 0.3 is 5.97 Å².